The first-order chi connectivity index (χ1) is 17.8. The van der Waals surface area contributed by atoms with Gasteiger partial charge in [-0.2, -0.15) is 0 Å². The molecule has 190 valence electrons. The minimum absolute atomic E-state index is 0. The van der Waals surface area contributed by atoms with E-state index in [2.05, 4.69) is 135 Å². The van der Waals surface area contributed by atoms with Crippen LogP contribution in [0.3, 0.4) is 0 Å². The van der Waals surface area contributed by atoms with Crippen molar-refractivity contribution in [3.8, 4) is 11.1 Å². The van der Waals surface area contributed by atoms with Gasteiger partial charge < -0.3 is 24.8 Å². The summed E-state index contributed by atoms with van der Waals surface area (Å²) < 4.78 is 3.92. The second kappa shape index (κ2) is 12.7. The van der Waals surface area contributed by atoms with Gasteiger partial charge in [0.2, 0.25) is 0 Å². The molecule has 0 radical (unpaired) electrons. The Kier molecular flexibility index (Phi) is 9.59. The summed E-state index contributed by atoms with van der Waals surface area (Å²) in [5.41, 5.74) is 10.4. The average Bonchev–Trinajstić information content (AvgIpc) is 3.51. The predicted octanol–water partition coefficient (Wildman–Crippen LogP) is 2.91. The van der Waals surface area contributed by atoms with Crippen LogP contribution in [-0.4, -0.2) is 3.21 Å². The van der Waals surface area contributed by atoms with Crippen LogP contribution in [-0.2, 0) is 21.3 Å². The van der Waals surface area contributed by atoms with Crippen LogP contribution < -0.4 is 24.8 Å². The maximum Gasteiger partial charge on any atom is -1.00 e. The van der Waals surface area contributed by atoms with Crippen molar-refractivity contribution < 1.29 is 46.1 Å². The topological polar surface area (TPSA) is 0 Å². The summed E-state index contributed by atoms with van der Waals surface area (Å²) in [6.45, 7) is 4.72. The maximum absolute atomic E-state index is 2.65. The Morgan fingerprint density at radius 3 is 1.58 bits per heavy atom. The van der Waals surface area contributed by atoms with Gasteiger partial charge in [0, 0.05) is 0 Å². The molecule has 2 aliphatic rings. The Bertz CT molecular complexity index is 1410. The Labute approximate surface area is 247 Å². The molecule has 38 heavy (non-hydrogen) atoms. The Balaban J connectivity index is 0.00000168. The van der Waals surface area contributed by atoms with Gasteiger partial charge in [0.1, 0.15) is 0 Å². The van der Waals surface area contributed by atoms with Crippen LogP contribution >= 0.6 is 0 Å². The van der Waals surface area contributed by atoms with Crippen molar-refractivity contribution in [1.82, 2.24) is 0 Å². The van der Waals surface area contributed by atoms with E-state index in [-0.39, 0.29) is 24.8 Å². The van der Waals surface area contributed by atoms with Crippen LogP contribution in [0.15, 0.2) is 130 Å². The molecule has 3 heteroatoms. The molecule has 0 N–H and O–H groups in total. The molecule has 0 bridgehead atoms. The fourth-order valence-corrected chi connectivity index (χ4v) is 16.7. The van der Waals surface area contributed by atoms with Gasteiger partial charge in [-0.25, -0.2) is 0 Å². The molecule has 1 atom stereocenters. The molecule has 0 heterocycles. The summed E-state index contributed by atoms with van der Waals surface area (Å²) in [6, 6.07) is 41.0. The largest absolute Gasteiger partial charge is 1.00 e. The van der Waals surface area contributed by atoms with Crippen LogP contribution in [0.1, 0.15) is 52.6 Å². The Morgan fingerprint density at radius 1 is 0.632 bits per heavy atom. The van der Waals surface area contributed by atoms with Crippen molar-refractivity contribution in [2.24, 2.45) is 5.92 Å². The van der Waals surface area contributed by atoms with E-state index < -0.39 is 21.3 Å². The summed E-state index contributed by atoms with van der Waals surface area (Å²) >= 11 is -2.65. The van der Waals surface area contributed by atoms with Gasteiger partial charge in [0.05, 0.1) is 0 Å². The van der Waals surface area contributed by atoms with Gasteiger partial charge in [-0.1, -0.05) is 0 Å². The van der Waals surface area contributed by atoms with E-state index in [1.165, 1.54) is 28.7 Å². The molecule has 0 spiro atoms. The zero-order chi connectivity index (χ0) is 24.5. The molecular weight excluding hydrogens is 583 g/mol. The molecule has 0 aromatic heterocycles. The monoisotopic (exact) mass is 612 g/mol. The SMILES string of the molecule is CCC1=[C]([Zr+2](=[C](c2ccccc2)c2ccccc2)[CH]2c3ccccc3-c3ccccc32)C(CC)C=C1.[Cl-].[Cl-]. The van der Waals surface area contributed by atoms with E-state index in [1.54, 1.807) is 19.9 Å². The van der Waals surface area contributed by atoms with Crippen molar-refractivity contribution >= 4 is 3.21 Å². The fourth-order valence-electron chi connectivity index (χ4n) is 6.27. The smallest absolute Gasteiger partial charge is 1.00 e. The summed E-state index contributed by atoms with van der Waals surface area (Å²) in [5, 5.41) is 0. The number of hydrogen-bond acceptors (Lipinski definition) is 0. The Morgan fingerprint density at radius 2 is 1.11 bits per heavy atom. The number of benzene rings is 4. The van der Waals surface area contributed by atoms with Gasteiger partial charge in [-0.3, -0.25) is 0 Å². The van der Waals surface area contributed by atoms with E-state index in [1.807, 2.05) is 3.28 Å². The van der Waals surface area contributed by atoms with Crippen molar-refractivity contribution in [1.29, 1.82) is 0 Å². The van der Waals surface area contributed by atoms with E-state index in [0.717, 1.165) is 6.42 Å². The van der Waals surface area contributed by atoms with E-state index in [9.17, 15) is 0 Å². The van der Waals surface area contributed by atoms with E-state index >= 15 is 0 Å². The summed E-state index contributed by atoms with van der Waals surface area (Å²) in [5.74, 6) is 0.552. The fraction of sp³-hybridized carbons (Fsp3) is 0.171. The van der Waals surface area contributed by atoms with Crippen LogP contribution in [0.4, 0.5) is 0 Å². The summed E-state index contributed by atoms with van der Waals surface area (Å²) in [7, 11) is 0. The minimum atomic E-state index is -2.65. The third kappa shape index (κ3) is 5.02. The molecule has 6 rings (SSSR count). The molecular formula is C35H32Cl2Zr. The van der Waals surface area contributed by atoms with E-state index in [0.29, 0.717) is 9.54 Å². The van der Waals surface area contributed by atoms with Crippen molar-refractivity contribution in [3.05, 3.63) is 152 Å². The van der Waals surface area contributed by atoms with Crippen LogP contribution in [0.5, 0.6) is 0 Å². The first-order valence-corrected chi connectivity index (χ1v) is 17.1. The zero-order valence-electron chi connectivity index (χ0n) is 21.9. The molecule has 0 amide bonds. The van der Waals surface area contributed by atoms with Gasteiger partial charge in [0.25, 0.3) is 0 Å². The zero-order valence-corrected chi connectivity index (χ0v) is 25.8. The van der Waals surface area contributed by atoms with Gasteiger partial charge >= 0.3 is 224 Å². The van der Waals surface area contributed by atoms with Crippen molar-refractivity contribution in [2.45, 2.75) is 30.3 Å². The molecule has 2 aliphatic carbocycles. The first-order valence-electron chi connectivity index (χ1n) is 13.3. The molecule has 0 saturated carbocycles. The molecule has 1 unspecified atom stereocenters. The van der Waals surface area contributed by atoms with Crippen molar-refractivity contribution in [2.75, 3.05) is 0 Å². The van der Waals surface area contributed by atoms with Gasteiger partial charge in [-0.05, 0) is 0 Å². The quantitative estimate of drug-likeness (QED) is 0.314. The number of halogens is 2. The number of allylic oxidation sites excluding steroid dienone is 4. The van der Waals surface area contributed by atoms with E-state index in [4.69, 9.17) is 0 Å². The number of hydrogen-bond donors (Lipinski definition) is 0. The third-order valence-corrected chi connectivity index (χ3v) is 16.7. The van der Waals surface area contributed by atoms with Gasteiger partial charge in [-0.15, -0.1) is 0 Å². The second-order valence-electron chi connectivity index (χ2n) is 9.79. The first kappa shape index (κ1) is 28.7. The molecule has 4 aromatic carbocycles. The molecule has 0 saturated heterocycles. The molecule has 4 aromatic rings. The summed E-state index contributed by atoms with van der Waals surface area (Å²) in [6.07, 6.45) is 7.26. The predicted molar refractivity (Wildman–Crippen MR) is 150 cm³/mol. The second-order valence-corrected chi connectivity index (χ2v) is 15.8. The van der Waals surface area contributed by atoms with Crippen LogP contribution in [0, 0.1) is 5.92 Å². The van der Waals surface area contributed by atoms with Gasteiger partial charge in [0.15, 0.2) is 0 Å². The minimum Gasteiger partial charge on any atom is -1.00 e. The summed E-state index contributed by atoms with van der Waals surface area (Å²) in [4.78, 5) is 0. The molecule has 0 nitrogen and oxygen atoms in total. The number of rotatable bonds is 6. The molecule has 0 aliphatic heterocycles. The third-order valence-electron chi connectivity index (χ3n) is 7.87. The Hall–Kier alpha value is -2.31. The van der Waals surface area contributed by atoms with Crippen LogP contribution in [0.2, 0.25) is 0 Å². The number of fused-ring (bicyclic) bond motifs is 3. The van der Waals surface area contributed by atoms with Crippen molar-refractivity contribution in [3.63, 3.8) is 0 Å². The maximum atomic E-state index is 2.51. The molecule has 0 fully saturated rings. The standard InChI is InChI=1S/C13H9.C13H10.C9H13.2ClH.Zr/c1-3-7-12-10(5-1)9-11-6-2-4-8-13(11)12;1-3-7-12(8-4-1)11-13-9-5-2-6-10-13;1-3-8-5-6-9(4-2)7-8;;;/h1-9H;1-10H;5-6,8H,3-4H2,1-2H3;2*1H;/q;;;;;+2/p-2. The average molecular weight is 615 g/mol. The van der Waals surface area contributed by atoms with Crippen LogP contribution in [0.25, 0.3) is 11.1 Å². The normalized spacial score (nSPS) is 15.1.